The Bertz CT molecular complexity index is 608. The number of carboxylic acid groups (broad SMARTS) is 1. The van der Waals surface area contributed by atoms with Gasteiger partial charge in [0, 0.05) is 0 Å². The topological polar surface area (TPSA) is 102 Å². The van der Waals surface area contributed by atoms with Crippen LogP contribution in [-0.4, -0.2) is 41.9 Å². The lowest BCUT2D eigenvalue weighted by Gasteiger charge is -2.25. The van der Waals surface area contributed by atoms with E-state index in [0.29, 0.717) is 12.8 Å². The SMILES string of the molecule is COC(=O)[C@H](NC(=O)OC(C)(C)C)[C@@H](CCCc1ccccc1)C(=O)O. The highest BCUT2D eigenvalue weighted by Gasteiger charge is 2.36. The normalized spacial score (nSPS) is 13.4. The van der Waals surface area contributed by atoms with Gasteiger partial charge in [0.2, 0.25) is 0 Å². The van der Waals surface area contributed by atoms with Crippen LogP contribution < -0.4 is 5.32 Å². The molecule has 0 aliphatic rings. The van der Waals surface area contributed by atoms with Crippen molar-refractivity contribution in [2.75, 3.05) is 7.11 Å². The summed E-state index contributed by atoms with van der Waals surface area (Å²) in [7, 11) is 1.15. The molecule has 26 heavy (non-hydrogen) atoms. The molecule has 0 unspecified atom stereocenters. The molecule has 1 rings (SSSR count). The smallest absolute Gasteiger partial charge is 0.408 e. The molecule has 144 valence electrons. The standard InChI is InChI=1S/C19H27NO6/c1-19(2,3)26-18(24)20-15(17(23)25-4)14(16(21)22)12-8-11-13-9-6-5-7-10-13/h5-7,9-10,14-15H,8,11-12H2,1-4H3,(H,20,24)(H,21,22)/t14-,15-/m1/s1. The Morgan fingerprint density at radius 1 is 1.15 bits per heavy atom. The van der Waals surface area contributed by atoms with Crippen molar-refractivity contribution in [1.29, 1.82) is 0 Å². The van der Waals surface area contributed by atoms with E-state index >= 15 is 0 Å². The van der Waals surface area contributed by atoms with Crippen LogP contribution in [0.4, 0.5) is 4.79 Å². The first-order valence-corrected chi connectivity index (χ1v) is 8.48. The van der Waals surface area contributed by atoms with E-state index in [1.54, 1.807) is 20.8 Å². The van der Waals surface area contributed by atoms with E-state index in [9.17, 15) is 19.5 Å². The molecule has 0 bridgehead atoms. The van der Waals surface area contributed by atoms with E-state index in [2.05, 4.69) is 10.1 Å². The molecule has 0 radical (unpaired) electrons. The van der Waals surface area contributed by atoms with Gasteiger partial charge in [-0.3, -0.25) is 4.79 Å². The van der Waals surface area contributed by atoms with Gasteiger partial charge in [-0.2, -0.15) is 0 Å². The summed E-state index contributed by atoms with van der Waals surface area (Å²) in [6.45, 7) is 5.02. The lowest BCUT2D eigenvalue weighted by atomic mass is 9.92. The number of carbonyl (C=O) groups excluding carboxylic acids is 2. The Labute approximate surface area is 153 Å². The number of nitrogens with one attached hydrogen (secondary N) is 1. The van der Waals surface area contributed by atoms with E-state index in [-0.39, 0.29) is 6.42 Å². The number of methoxy groups -OCH3 is 1. The van der Waals surface area contributed by atoms with E-state index < -0.39 is 35.6 Å². The van der Waals surface area contributed by atoms with E-state index in [1.807, 2.05) is 30.3 Å². The minimum Gasteiger partial charge on any atom is -0.481 e. The van der Waals surface area contributed by atoms with E-state index in [1.165, 1.54) is 0 Å². The number of esters is 1. The lowest BCUT2D eigenvalue weighted by Crippen LogP contribution is -2.50. The third-order valence-electron chi connectivity index (χ3n) is 3.67. The fraction of sp³-hybridized carbons (Fsp3) is 0.526. The molecule has 1 aromatic rings. The third kappa shape index (κ3) is 7.55. The molecule has 0 saturated carbocycles. The maximum Gasteiger partial charge on any atom is 0.408 e. The molecule has 2 atom stereocenters. The average molecular weight is 365 g/mol. The fourth-order valence-electron chi connectivity index (χ4n) is 2.49. The number of amides is 1. The monoisotopic (exact) mass is 365 g/mol. The van der Waals surface area contributed by atoms with Crippen LogP contribution in [0.2, 0.25) is 0 Å². The lowest BCUT2D eigenvalue weighted by molar-refractivity contribution is -0.153. The highest BCUT2D eigenvalue weighted by molar-refractivity contribution is 5.87. The summed E-state index contributed by atoms with van der Waals surface area (Å²) < 4.78 is 9.78. The van der Waals surface area contributed by atoms with Crippen LogP contribution in [-0.2, 0) is 25.5 Å². The summed E-state index contributed by atoms with van der Waals surface area (Å²) in [4.78, 5) is 35.7. The number of ether oxygens (including phenoxy) is 2. The van der Waals surface area contributed by atoms with Crippen LogP contribution in [0.3, 0.4) is 0 Å². The number of carbonyl (C=O) groups is 3. The Kier molecular flexibility index (Phi) is 8.09. The van der Waals surface area contributed by atoms with Crippen molar-refractivity contribution in [2.45, 2.75) is 51.7 Å². The molecule has 2 N–H and O–H groups in total. The predicted molar refractivity (Wildman–Crippen MR) is 95.7 cm³/mol. The van der Waals surface area contributed by atoms with Crippen LogP contribution >= 0.6 is 0 Å². The number of benzene rings is 1. The van der Waals surface area contributed by atoms with Crippen molar-refractivity contribution in [3.8, 4) is 0 Å². The van der Waals surface area contributed by atoms with Gasteiger partial charge < -0.3 is 19.9 Å². The molecule has 0 spiro atoms. The number of rotatable bonds is 8. The largest absolute Gasteiger partial charge is 0.481 e. The van der Waals surface area contributed by atoms with Gasteiger partial charge in [0.05, 0.1) is 13.0 Å². The van der Waals surface area contributed by atoms with Gasteiger partial charge in [-0.25, -0.2) is 9.59 Å². The molecule has 0 aliphatic carbocycles. The number of alkyl carbamates (subject to hydrolysis) is 1. The number of aliphatic carboxylic acids is 1. The first-order valence-electron chi connectivity index (χ1n) is 8.48. The highest BCUT2D eigenvalue weighted by atomic mass is 16.6. The second-order valence-electron chi connectivity index (χ2n) is 6.97. The molecule has 0 aromatic heterocycles. The summed E-state index contributed by atoms with van der Waals surface area (Å²) >= 11 is 0. The Hall–Kier alpha value is -2.57. The predicted octanol–water partition coefficient (Wildman–Crippen LogP) is 2.78. The summed E-state index contributed by atoms with van der Waals surface area (Å²) in [6.07, 6.45) is 0.567. The van der Waals surface area contributed by atoms with Crippen molar-refractivity contribution >= 4 is 18.0 Å². The van der Waals surface area contributed by atoms with Gasteiger partial charge in [-0.1, -0.05) is 30.3 Å². The van der Waals surface area contributed by atoms with Gasteiger partial charge in [-0.15, -0.1) is 0 Å². The Morgan fingerprint density at radius 3 is 2.27 bits per heavy atom. The van der Waals surface area contributed by atoms with Crippen molar-refractivity contribution in [3.05, 3.63) is 35.9 Å². The number of aryl methyl sites for hydroxylation is 1. The number of hydrogen-bond acceptors (Lipinski definition) is 5. The molecular weight excluding hydrogens is 338 g/mol. The van der Waals surface area contributed by atoms with Crippen molar-refractivity contribution in [2.24, 2.45) is 5.92 Å². The third-order valence-corrected chi connectivity index (χ3v) is 3.67. The first kappa shape index (κ1) is 21.5. The minimum absolute atomic E-state index is 0.208. The molecule has 1 amide bonds. The molecule has 0 fully saturated rings. The zero-order valence-corrected chi connectivity index (χ0v) is 15.7. The molecule has 7 nitrogen and oxygen atoms in total. The van der Waals surface area contributed by atoms with Crippen molar-refractivity contribution < 1.29 is 29.0 Å². The summed E-state index contributed by atoms with van der Waals surface area (Å²) in [5.41, 5.74) is 0.308. The molecule has 0 heterocycles. The van der Waals surface area contributed by atoms with Crippen LogP contribution in [0.1, 0.15) is 39.2 Å². The molecule has 0 aliphatic heterocycles. The summed E-state index contributed by atoms with van der Waals surface area (Å²) in [5, 5.41) is 11.9. The molecular formula is C19H27NO6. The van der Waals surface area contributed by atoms with E-state index in [4.69, 9.17) is 4.74 Å². The average Bonchev–Trinajstić information content (AvgIpc) is 2.55. The van der Waals surface area contributed by atoms with Gasteiger partial charge in [0.15, 0.2) is 0 Å². The van der Waals surface area contributed by atoms with Crippen LogP contribution in [0.25, 0.3) is 0 Å². The van der Waals surface area contributed by atoms with Crippen molar-refractivity contribution in [3.63, 3.8) is 0 Å². The fourth-order valence-corrected chi connectivity index (χ4v) is 2.49. The van der Waals surface area contributed by atoms with Gasteiger partial charge >= 0.3 is 18.0 Å². The van der Waals surface area contributed by atoms with Crippen LogP contribution in [0, 0.1) is 5.92 Å². The maximum atomic E-state index is 12.0. The molecule has 7 heteroatoms. The molecule has 1 aromatic carbocycles. The van der Waals surface area contributed by atoms with Gasteiger partial charge in [-0.05, 0) is 45.6 Å². The van der Waals surface area contributed by atoms with Gasteiger partial charge in [0.1, 0.15) is 11.6 Å². The minimum atomic E-state index is -1.32. The highest BCUT2D eigenvalue weighted by Crippen LogP contribution is 2.17. The molecule has 0 saturated heterocycles. The van der Waals surface area contributed by atoms with E-state index in [0.717, 1.165) is 12.7 Å². The maximum absolute atomic E-state index is 12.0. The summed E-state index contributed by atoms with van der Waals surface area (Å²) in [6, 6.07) is 8.31. The van der Waals surface area contributed by atoms with Crippen molar-refractivity contribution in [1.82, 2.24) is 5.32 Å². The summed E-state index contributed by atoms with van der Waals surface area (Å²) in [5.74, 6) is -3.11. The van der Waals surface area contributed by atoms with Gasteiger partial charge in [0.25, 0.3) is 0 Å². The van der Waals surface area contributed by atoms with Crippen LogP contribution in [0.5, 0.6) is 0 Å². The first-order chi connectivity index (χ1) is 12.1. The zero-order chi connectivity index (χ0) is 19.7. The Balaban J connectivity index is 2.79. The number of hydrogen-bond donors (Lipinski definition) is 2. The number of carboxylic acids is 1. The van der Waals surface area contributed by atoms with Crippen LogP contribution in [0.15, 0.2) is 30.3 Å². The quantitative estimate of drug-likeness (QED) is 0.687. The zero-order valence-electron chi connectivity index (χ0n) is 15.7. The second-order valence-corrected chi connectivity index (χ2v) is 6.97. The Morgan fingerprint density at radius 2 is 1.77 bits per heavy atom. The second kappa shape index (κ2) is 9.79.